The molecule has 0 aliphatic rings. The average molecular weight is 361 g/mol. The van der Waals surface area contributed by atoms with Crippen LogP contribution in [0.15, 0.2) is 59.8 Å². The van der Waals surface area contributed by atoms with E-state index in [9.17, 15) is 4.79 Å². The first-order chi connectivity index (χ1) is 12.5. The van der Waals surface area contributed by atoms with Gasteiger partial charge in [0.1, 0.15) is 0 Å². The van der Waals surface area contributed by atoms with Crippen molar-refractivity contribution in [3.8, 4) is 0 Å². The highest BCUT2D eigenvalue weighted by Crippen LogP contribution is 2.31. The third kappa shape index (κ3) is 2.88. The normalized spacial score (nSPS) is 12.6. The summed E-state index contributed by atoms with van der Waals surface area (Å²) >= 11 is 1.40. The Kier molecular flexibility index (Phi) is 4.24. The molecule has 1 atom stereocenters. The molecule has 0 aliphatic carbocycles. The minimum absolute atomic E-state index is 0.0372. The Morgan fingerprint density at radius 3 is 1.96 bits per heavy atom. The summed E-state index contributed by atoms with van der Waals surface area (Å²) in [5.41, 5.74) is 3.70. The number of para-hydroxylation sites is 2. The lowest BCUT2D eigenvalue weighted by atomic mass is 10.2. The maximum absolute atomic E-state index is 13.3. The fraction of sp³-hybridized carbons (Fsp3) is 0.190. The SMILES string of the molecule is Cc1cc(C)nc(S[C@@H](C)C(=O)n2c3ccccc3c3ccccc32)n1. The van der Waals surface area contributed by atoms with Crippen molar-refractivity contribution in [2.24, 2.45) is 0 Å². The zero-order valence-corrected chi connectivity index (χ0v) is 15.7. The molecule has 0 fully saturated rings. The highest BCUT2D eigenvalue weighted by molar-refractivity contribution is 8.00. The quantitative estimate of drug-likeness (QED) is 0.380. The van der Waals surface area contributed by atoms with Crippen LogP contribution in [0.4, 0.5) is 0 Å². The number of hydrogen-bond acceptors (Lipinski definition) is 4. The van der Waals surface area contributed by atoms with E-state index >= 15 is 0 Å². The van der Waals surface area contributed by atoms with Gasteiger partial charge in [-0.1, -0.05) is 48.2 Å². The summed E-state index contributed by atoms with van der Waals surface area (Å²) in [7, 11) is 0. The second kappa shape index (κ2) is 6.57. The number of aromatic nitrogens is 3. The van der Waals surface area contributed by atoms with Crippen molar-refractivity contribution in [1.82, 2.24) is 14.5 Å². The maximum atomic E-state index is 13.3. The molecule has 2 heterocycles. The summed E-state index contributed by atoms with van der Waals surface area (Å²) in [6, 6.07) is 18.0. The number of rotatable bonds is 3. The number of benzene rings is 2. The van der Waals surface area contributed by atoms with Gasteiger partial charge in [-0.3, -0.25) is 9.36 Å². The van der Waals surface area contributed by atoms with Gasteiger partial charge in [-0.25, -0.2) is 9.97 Å². The van der Waals surface area contributed by atoms with E-state index in [1.807, 2.05) is 67.8 Å². The van der Waals surface area contributed by atoms with Gasteiger partial charge in [-0.2, -0.15) is 0 Å². The number of nitrogens with zero attached hydrogens (tertiary/aromatic N) is 3. The van der Waals surface area contributed by atoms with Crippen LogP contribution in [-0.2, 0) is 0 Å². The van der Waals surface area contributed by atoms with Crippen LogP contribution in [0, 0.1) is 13.8 Å². The van der Waals surface area contributed by atoms with Gasteiger partial charge in [0.2, 0.25) is 5.91 Å². The van der Waals surface area contributed by atoms with E-state index in [0.717, 1.165) is 33.2 Å². The van der Waals surface area contributed by atoms with E-state index in [4.69, 9.17) is 0 Å². The van der Waals surface area contributed by atoms with Gasteiger partial charge in [-0.05, 0) is 39.0 Å². The summed E-state index contributed by atoms with van der Waals surface area (Å²) in [4.78, 5) is 22.2. The van der Waals surface area contributed by atoms with Crippen molar-refractivity contribution in [2.45, 2.75) is 31.2 Å². The number of hydrogen-bond donors (Lipinski definition) is 0. The zero-order valence-electron chi connectivity index (χ0n) is 14.9. The van der Waals surface area contributed by atoms with Gasteiger partial charge in [0.05, 0.1) is 16.3 Å². The molecule has 4 aromatic rings. The largest absolute Gasteiger partial charge is 0.279 e. The van der Waals surface area contributed by atoms with Gasteiger partial charge in [0.25, 0.3) is 0 Å². The van der Waals surface area contributed by atoms with Gasteiger partial charge < -0.3 is 0 Å². The molecule has 0 aliphatic heterocycles. The standard InChI is InChI=1S/C21H19N3OS/c1-13-12-14(2)23-21(22-13)26-15(3)20(25)24-18-10-6-4-8-16(18)17-9-5-7-11-19(17)24/h4-12,15H,1-3H3/t15-/m0/s1. The Hall–Kier alpha value is -2.66. The molecular formula is C21H19N3OS. The molecule has 0 unspecified atom stereocenters. The van der Waals surface area contributed by atoms with Crippen molar-refractivity contribution in [1.29, 1.82) is 0 Å². The van der Waals surface area contributed by atoms with Crippen molar-refractivity contribution in [3.05, 3.63) is 66.0 Å². The van der Waals surface area contributed by atoms with Crippen molar-refractivity contribution >= 4 is 39.5 Å². The molecule has 0 amide bonds. The fourth-order valence-electron chi connectivity index (χ4n) is 3.30. The molecule has 2 aromatic carbocycles. The summed E-state index contributed by atoms with van der Waals surface area (Å²) in [6.45, 7) is 5.80. The molecule has 0 bridgehead atoms. The highest BCUT2D eigenvalue weighted by Gasteiger charge is 2.22. The lowest BCUT2D eigenvalue weighted by Crippen LogP contribution is -2.21. The van der Waals surface area contributed by atoms with Crippen LogP contribution < -0.4 is 0 Å². The van der Waals surface area contributed by atoms with E-state index in [-0.39, 0.29) is 11.2 Å². The smallest absolute Gasteiger partial charge is 0.244 e. The zero-order chi connectivity index (χ0) is 18.3. The average Bonchev–Trinajstić information content (AvgIpc) is 2.94. The van der Waals surface area contributed by atoms with E-state index in [1.165, 1.54) is 11.8 Å². The highest BCUT2D eigenvalue weighted by atomic mass is 32.2. The molecule has 0 spiro atoms. The molecule has 0 saturated heterocycles. The predicted molar refractivity (Wildman–Crippen MR) is 107 cm³/mol. The third-order valence-electron chi connectivity index (χ3n) is 4.39. The Morgan fingerprint density at radius 2 is 1.42 bits per heavy atom. The molecule has 130 valence electrons. The van der Waals surface area contributed by atoms with Crippen LogP contribution in [0.2, 0.25) is 0 Å². The van der Waals surface area contributed by atoms with E-state index in [2.05, 4.69) is 22.1 Å². The Labute approximate surface area is 156 Å². The summed E-state index contributed by atoms with van der Waals surface area (Å²) in [6.07, 6.45) is 0. The molecule has 0 radical (unpaired) electrons. The molecule has 26 heavy (non-hydrogen) atoms. The van der Waals surface area contributed by atoms with E-state index in [0.29, 0.717) is 5.16 Å². The minimum atomic E-state index is -0.296. The lowest BCUT2D eigenvalue weighted by Gasteiger charge is -2.12. The summed E-state index contributed by atoms with van der Waals surface area (Å²) in [5, 5.41) is 2.53. The van der Waals surface area contributed by atoms with Crippen molar-refractivity contribution < 1.29 is 4.79 Å². The molecule has 4 nitrogen and oxygen atoms in total. The van der Waals surface area contributed by atoms with Crippen LogP contribution in [-0.4, -0.2) is 25.7 Å². The number of carbonyl (C=O) groups excluding carboxylic acids is 1. The predicted octanol–water partition coefficient (Wildman–Crippen LogP) is 5.02. The van der Waals surface area contributed by atoms with Crippen LogP contribution in [0.25, 0.3) is 21.8 Å². The van der Waals surface area contributed by atoms with Crippen molar-refractivity contribution in [3.63, 3.8) is 0 Å². The molecule has 0 N–H and O–H groups in total. The van der Waals surface area contributed by atoms with E-state index < -0.39 is 0 Å². The van der Waals surface area contributed by atoms with Gasteiger partial charge in [0, 0.05) is 22.2 Å². The molecule has 4 rings (SSSR count). The van der Waals surface area contributed by atoms with Gasteiger partial charge in [0.15, 0.2) is 5.16 Å². The monoisotopic (exact) mass is 361 g/mol. The van der Waals surface area contributed by atoms with Gasteiger partial charge in [-0.15, -0.1) is 0 Å². The van der Waals surface area contributed by atoms with Crippen LogP contribution in [0.5, 0.6) is 0 Å². The number of fused-ring (bicyclic) bond motifs is 3. The van der Waals surface area contributed by atoms with Crippen molar-refractivity contribution in [2.75, 3.05) is 0 Å². The number of aryl methyl sites for hydroxylation is 2. The maximum Gasteiger partial charge on any atom is 0.244 e. The van der Waals surface area contributed by atoms with Crippen LogP contribution >= 0.6 is 11.8 Å². The van der Waals surface area contributed by atoms with Crippen LogP contribution in [0.1, 0.15) is 23.1 Å². The summed E-state index contributed by atoms with van der Waals surface area (Å²) < 4.78 is 1.82. The first-order valence-corrected chi connectivity index (χ1v) is 9.44. The lowest BCUT2D eigenvalue weighted by molar-refractivity contribution is 0.0925. The molecule has 0 saturated carbocycles. The van der Waals surface area contributed by atoms with E-state index in [1.54, 1.807) is 0 Å². The van der Waals surface area contributed by atoms with Gasteiger partial charge >= 0.3 is 0 Å². The van der Waals surface area contributed by atoms with Crippen LogP contribution in [0.3, 0.4) is 0 Å². The molecule has 5 heteroatoms. The first-order valence-electron chi connectivity index (χ1n) is 8.56. The third-order valence-corrected chi connectivity index (χ3v) is 5.34. The number of carbonyl (C=O) groups is 1. The summed E-state index contributed by atoms with van der Waals surface area (Å²) in [5.74, 6) is 0.0372. The second-order valence-corrected chi connectivity index (χ2v) is 7.71. The minimum Gasteiger partial charge on any atom is -0.279 e. The molecular weight excluding hydrogens is 342 g/mol. The molecule has 2 aromatic heterocycles. The Bertz CT molecular complexity index is 1060. The second-order valence-electron chi connectivity index (χ2n) is 6.40. The fourth-order valence-corrected chi connectivity index (χ4v) is 4.21. The Morgan fingerprint density at radius 1 is 0.923 bits per heavy atom. The number of thioether (sulfide) groups is 1. The topological polar surface area (TPSA) is 47.8 Å². The first kappa shape index (κ1) is 16.8. The Balaban J connectivity index is 1.77.